The molecule has 0 radical (unpaired) electrons. The third-order valence-corrected chi connectivity index (χ3v) is 3.53. The van der Waals surface area contributed by atoms with E-state index in [1.165, 1.54) is 0 Å². The Hall–Kier alpha value is -1.51. The number of rotatable bonds is 4. The average Bonchev–Trinajstić information content (AvgIpc) is 2.44. The highest BCUT2D eigenvalue weighted by atomic mass is 32.2. The van der Waals surface area contributed by atoms with Gasteiger partial charge in [-0.15, -0.1) is 0 Å². The molecule has 1 amide bonds. The summed E-state index contributed by atoms with van der Waals surface area (Å²) in [7, 11) is 1.81. The molecule has 1 aromatic heterocycles. The van der Waals surface area contributed by atoms with Crippen LogP contribution in [0.2, 0.25) is 0 Å². The normalized spacial score (nSPS) is 11.4. The molecule has 0 aliphatic rings. The summed E-state index contributed by atoms with van der Waals surface area (Å²) in [5.41, 5.74) is 6.59. The molecule has 1 heterocycles. The minimum Gasteiger partial charge on any atom is -0.338 e. The van der Waals surface area contributed by atoms with E-state index in [0.717, 1.165) is 5.75 Å². The van der Waals surface area contributed by atoms with Crippen molar-refractivity contribution in [2.45, 2.75) is 13.0 Å². The van der Waals surface area contributed by atoms with E-state index < -0.39 is 0 Å². The zero-order valence-electron chi connectivity index (χ0n) is 11.5. The zero-order valence-corrected chi connectivity index (χ0v) is 12.3. The van der Waals surface area contributed by atoms with Gasteiger partial charge in [0.15, 0.2) is 0 Å². The summed E-state index contributed by atoms with van der Waals surface area (Å²) in [6, 6.07) is 1.93. The van der Waals surface area contributed by atoms with Crippen LogP contribution in [-0.4, -0.2) is 47.4 Å². The van der Waals surface area contributed by atoms with Crippen LogP contribution in [0, 0.1) is 11.8 Å². The van der Waals surface area contributed by atoms with E-state index in [1.807, 2.05) is 13.2 Å². The molecular weight excluding hydrogens is 258 g/mol. The highest BCUT2D eigenvalue weighted by Gasteiger charge is 2.17. The molecule has 19 heavy (non-hydrogen) atoms. The number of hydrogen-bond donors (Lipinski definition) is 1. The molecular formula is C14H19N3OS. The van der Waals surface area contributed by atoms with Crippen molar-refractivity contribution < 1.29 is 4.79 Å². The predicted octanol–water partition coefficient (Wildman–Crippen LogP) is 1.22. The van der Waals surface area contributed by atoms with Gasteiger partial charge in [0.1, 0.15) is 0 Å². The summed E-state index contributed by atoms with van der Waals surface area (Å²) in [5.74, 6) is 6.50. The topological polar surface area (TPSA) is 59.2 Å². The lowest BCUT2D eigenvalue weighted by Gasteiger charge is -2.24. The van der Waals surface area contributed by atoms with E-state index in [-0.39, 0.29) is 11.9 Å². The van der Waals surface area contributed by atoms with Crippen LogP contribution in [-0.2, 0) is 0 Å². The Labute approximate surface area is 118 Å². The summed E-state index contributed by atoms with van der Waals surface area (Å²) >= 11 is 1.72. The van der Waals surface area contributed by atoms with Crippen LogP contribution in [0.4, 0.5) is 0 Å². The van der Waals surface area contributed by atoms with E-state index in [0.29, 0.717) is 17.7 Å². The number of amides is 1. The van der Waals surface area contributed by atoms with Gasteiger partial charge >= 0.3 is 0 Å². The quantitative estimate of drug-likeness (QED) is 0.841. The van der Waals surface area contributed by atoms with E-state index >= 15 is 0 Å². The first-order chi connectivity index (χ1) is 9.10. The van der Waals surface area contributed by atoms with Gasteiger partial charge in [-0.1, -0.05) is 11.8 Å². The van der Waals surface area contributed by atoms with Gasteiger partial charge in [-0.3, -0.25) is 9.78 Å². The minimum atomic E-state index is -0.0366. The van der Waals surface area contributed by atoms with Crippen molar-refractivity contribution in [1.29, 1.82) is 0 Å². The summed E-state index contributed by atoms with van der Waals surface area (Å²) in [6.45, 7) is 2.32. The van der Waals surface area contributed by atoms with Crippen molar-refractivity contribution in [2.75, 3.05) is 25.6 Å². The maximum Gasteiger partial charge on any atom is 0.255 e. The molecule has 1 atom stereocenters. The molecule has 0 aliphatic heterocycles. The lowest BCUT2D eigenvalue weighted by atomic mass is 10.1. The van der Waals surface area contributed by atoms with Crippen LogP contribution < -0.4 is 5.73 Å². The van der Waals surface area contributed by atoms with Crippen LogP contribution in [0.1, 0.15) is 22.8 Å². The lowest BCUT2D eigenvalue weighted by Crippen LogP contribution is -2.36. The fraction of sp³-hybridized carbons (Fsp3) is 0.429. The Morgan fingerprint density at radius 2 is 2.32 bits per heavy atom. The van der Waals surface area contributed by atoms with Crippen LogP contribution in [0.5, 0.6) is 0 Å². The van der Waals surface area contributed by atoms with E-state index in [9.17, 15) is 4.79 Å². The second kappa shape index (κ2) is 7.82. The van der Waals surface area contributed by atoms with E-state index in [1.54, 1.807) is 42.2 Å². The van der Waals surface area contributed by atoms with Gasteiger partial charge in [0.25, 0.3) is 5.91 Å². The molecule has 0 spiro atoms. The molecule has 0 aliphatic carbocycles. The largest absolute Gasteiger partial charge is 0.338 e. The van der Waals surface area contributed by atoms with Gasteiger partial charge < -0.3 is 10.6 Å². The van der Waals surface area contributed by atoms with Gasteiger partial charge in [0, 0.05) is 36.8 Å². The summed E-state index contributed by atoms with van der Waals surface area (Å²) in [5, 5.41) is 0. The molecule has 0 saturated carbocycles. The number of thioether (sulfide) groups is 1. The fourth-order valence-electron chi connectivity index (χ4n) is 1.54. The molecule has 4 nitrogen and oxygen atoms in total. The number of carbonyl (C=O) groups is 1. The number of hydrogen-bond acceptors (Lipinski definition) is 4. The van der Waals surface area contributed by atoms with Crippen molar-refractivity contribution in [3.63, 3.8) is 0 Å². The number of nitrogens with two attached hydrogens (primary N) is 1. The van der Waals surface area contributed by atoms with Crippen LogP contribution in [0.25, 0.3) is 0 Å². The number of pyridine rings is 1. The Morgan fingerprint density at radius 1 is 1.58 bits per heavy atom. The molecule has 102 valence electrons. The Bertz CT molecular complexity index is 493. The number of carbonyl (C=O) groups excluding carboxylic acids is 1. The Balaban J connectivity index is 2.87. The van der Waals surface area contributed by atoms with E-state index in [2.05, 4.69) is 16.8 Å². The van der Waals surface area contributed by atoms with Crippen LogP contribution in [0.3, 0.4) is 0 Å². The first-order valence-electron chi connectivity index (χ1n) is 6.00. The molecule has 1 unspecified atom stereocenters. The van der Waals surface area contributed by atoms with Gasteiger partial charge in [0.2, 0.25) is 0 Å². The lowest BCUT2D eigenvalue weighted by molar-refractivity contribution is 0.0757. The summed E-state index contributed by atoms with van der Waals surface area (Å²) < 4.78 is 0. The van der Waals surface area contributed by atoms with Crippen LogP contribution in [0.15, 0.2) is 18.5 Å². The second-order valence-corrected chi connectivity index (χ2v) is 5.10. The number of nitrogens with zero attached hydrogens (tertiary/aromatic N) is 2. The highest BCUT2D eigenvalue weighted by molar-refractivity contribution is 7.98. The third kappa shape index (κ3) is 4.58. The number of aromatic nitrogens is 1. The maximum absolute atomic E-state index is 12.3. The monoisotopic (exact) mass is 277 g/mol. The van der Waals surface area contributed by atoms with Gasteiger partial charge in [-0.05, 0) is 19.2 Å². The highest BCUT2D eigenvalue weighted by Crippen LogP contribution is 2.10. The third-order valence-electron chi connectivity index (χ3n) is 2.71. The molecule has 0 aromatic carbocycles. The maximum atomic E-state index is 12.3. The predicted molar refractivity (Wildman–Crippen MR) is 80.1 cm³/mol. The molecule has 5 heteroatoms. The smallest absolute Gasteiger partial charge is 0.255 e. The van der Waals surface area contributed by atoms with Gasteiger partial charge in [0.05, 0.1) is 12.1 Å². The van der Waals surface area contributed by atoms with E-state index in [4.69, 9.17) is 5.73 Å². The first kappa shape index (κ1) is 15.5. The van der Waals surface area contributed by atoms with Crippen LogP contribution >= 0.6 is 11.8 Å². The first-order valence-corrected chi connectivity index (χ1v) is 7.39. The fourth-order valence-corrected chi connectivity index (χ4v) is 2.24. The molecule has 2 N–H and O–H groups in total. The molecule has 0 saturated heterocycles. The molecule has 1 rings (SSSR count). The van der Waals surface area contributed by atoms with Gasteiger partial charge in [-0.2, -0.15) is 11.8 Å². The Morgan fingerprint density at radius 3 is 2.95 bits per heavy atom. The summed E-state index contributed by atoms with van der Waals surface area (Å²) in [6.07, 6.45) is 5.22. The average molecular weight is 277 g/mol. The van der Waals surface area contributed by atoms with Crippen molar-refractivity contribution in [1.82, 2.24) is 9.88 Å². The molecule has 0 bridgehead atoms. The van der Waals surface area contributed by atoms with Crippen molar-refractivity contribution in [3.8, 4) is 11.8 Å². The van der Waals surface area contributed by atoms with Crippen molar-refractivity contribution in [3.05, 3.63) is 29.6 Å². The van der Waals surface area contributed by atoms with Crippen molar-refractivity contribution in [2.24, 2.45) is 5.73 Å². The minimum absolute atomic E-state index is 0.0366. The van der Waals surface area contributed by atoms with Gasteiger partial charge in [-0.25, -0.2) is 0 Å². The van der Waals surface area contributed by atoms with Crippen molar-refractivity contribution >= 4 is 17.7 Å². The second-order valence-electron chi connectivity index (χ2n) is 4.19. The Kier molecular flexibility index (Phi) is 6.40. The molecule has 1 aromatic rings. The standard InChI is InChI=1S/C14H19N3OS/c1-11(10-19-3)17(2)14(18)13-7-12(5-4-6-15)8-16-9-13/h7-9,11H,6,10,15H2,1-3H3. The SMILES string of the molecule is CSCC(C)N(C)C(=O)c1cncc(C#CCN)c1. The zero-order chi connectivity index (χ0) is 14.3. The summed E-state index contributed by atoms with van der Waals surface area (Å²) in [4.78, 5) is 18.1. The molecule has 0 fully saturated rings.